The second kappa shape index (κ2) is 5.84. The molecule has 20 heavy (non-hydrogen) atoms. The van der Waals surface area contributed by atoms with Gasteiger partial charge in [-0.3, -0.25) is 4.90 Å². The fraction of sp³-hybridized carbons (Fsp3) is 0.600. The van der Waals surface area contributed by atoms with Gasteiger partial charge < -0.3 is 4.90 Å². The molecule has 1 fully saturated rings. The van der Waals surface area contributed by atoms with E-state index >= 15 is 0 Å². The van der Waals surface area contributed by atoms with E-state index in [1.807, 2.05) is 0 Å². The lowest BCUT2D eigenvalue weighted by Gasteiger charge is -2.32. The number of hydrogen-bond donors (Lipinski definition) is 0. The maximum atomic E-state index is 11.4. The molecule has 0 spiro atoms. The molecular weight excluding hydrogens is 272 g/mol. The highest BCUT2D eigenvalue weighted by molar-refractivity contribution is 7.91. The lowest BCUT2D eigenvalue weighted by Crippen LogP contribution is -2.44. The van der Waals surface area contributed by atoms with Crippen molar-refractivity contribution in [3.05, 3.63) is 35.4 Å². The van der Waals surface area contributed by atoms with Crippen molar-refractivity contribution in [3.8, 4) is 0 Å². The third-order valence-electron chi connectivity index (χ3n) is 4.38. The average molecular weight is 294 g/mol. The predicted molar refractivity (Wildman–Crippen MR) is 80.5 cm³/mol. The Labute approximate surface area is 121 Å². The molecule has 0 aliphatic carbocycles. The Morgan fingerprint density at radius 1 is 0.900 bits per heavy atom. The first-order valence-electron chi connectivity index (χ1n) is 7.34. The molecule has 2 heterocycles. The molecule has 1 saturated heterocycles. The van der Waals surface area contributed by atoms with Gasteiger partial charge >= 0.3 is 0 Å². The molecule has 4 nitrogen and oxygen atoms in total. The van der Waals surface area contributed by atoms with E-state index in [0.717, 1.165) is 32.6 Å². The van der Waals surface area contributed by atoms with Crippen LogP contribution >= 0.6 is 0 Å². The van der Waals surface area contributed by atoms with Crippen molar-refractivity contribution in [1.29, 1.82) is 0 Å². The molecule has 2 aliphatic heterocycles. The Kier molecular flexibility index (Phi) is 4.10. The molecule has 0 aromatic heterocycles. The smallest absolute Gasteiger partial charge is 0.152 e. The topological polar surface area (TPSA) is 40.6 Å². The van der Waals surface area contributed by atoms with Crippen LogP contribution in [0.3, 0.4) is 0 Å². The summed E-state index contributed by atoms with van der Waals surface area (Å²) in [5.41, 5.74) is 2.92. The van der Waals surface area contributed by atoms with Crippen LogP contribution in [0.4, 0.5) is 0 Å². The highest BCUT2D eigenvalue weighted by Gasteiger charge is 2.22. The van der Waals surface area contributed by atoms with Gasteiger partial charge in [0.05, 0.1) is 11.5 Å². The van der Waals surface area contributed by atoms with Crippen LogP contribution in [0, 0.1) is 0 Å². The van der Waals surface area contributed by atoms with Crippen LogP contribution in [0.25, 0.3) is 0 Å². The maximum absolute atomic E-state index is 11.4. The van der Waals surface area contributed by atoms with Gasteiger partial charge in [-0.1, -0.05) is 24.3 Å². The van der Waals surface area contributed by atoms with Crippen LogP contribution in [-0.4, -0.2) is 62.4 Å². The van der Waals surface area contributed by atoms with Crippen LogP contribution in [-0.2, 0) is 22.8 Å². The zero-order valence-electron chi connectivity index (χ0n) is 11.8. The monoisotopic (exact) mass is 294 g/mol. The molecule has 110 valence electrons. The van der Waals surface area contributed by atoms with Gasteiger partial charge in [-0.05, 0) is 17.5 Å². The lowest BCUT2D eigenvalue weighted by atomic mass is 10.00. The average Bonchev–Trinajstić information content (AvgIpc) is 2.46. The first-order chi connectivity index (χ1) is 9.62. The van der Waals surface area contributed by atoms with Gasteiger partial charge in [0.15, 0.2) is 9.84 Å². The van der Waals surface area contributed by atoms with E-state index in [1.54, 1.807) is 0 Å². The number of hydrogen-bond acceptors (Lipinski definition) is 4. The summed E-state index contributed by atoms with van der Waals surface area (Å²) in [7, 11) is -2.75. The van der Waals surface area contributed by atoms with Crippen molar-refractivity contribution in [2.24, 2.45) is 0 Å². The normalized spacial score (nSPS) is 23.4. The summed E-state index contributed by atoms with van der Waals surface area (Å²) >= 11 is 0. The molecule has 0 saturated carbocycles. The van der Waals surface area contributed by atoms with E-state index in [4.69, 9.17) is 0 Å². The number of sulfone groups is 1. The van der Waals surface area contributed by atoms with Gasteiger partial charge in [0, 0.05) is 39.3 Å². The van der Waals surface area contributed by atoms with Gasteiger partial charge in [-0.25, -0.2) is 8.42 Å². The number of benzene rings is 1. The maximum Gasteiger partial charge on any atom is 0.152 e. The molecule has 0 amide bonds. The SMILES string of the molecule is O=S1(=O)CCN(CCN2CCc3ccccc3C2)CC1. The molecule has 5 heteroatoms. The summed E-state index contributed by atoms with van der Waals surface area (Å²) < 4.78 is 22.8. The predicted octanol–water partition coefficient (Wildman–Crippen LogP) is 0.775. The second-order valence-corrected chi connectivity index (χ2v) is 8.09. The number of rotatable bonds is 3. The van der Waals surface area contributed by atoms with Crippen LogP contribution in [0.2, 0.25) is 0 Å². The minimum absolute atomic E-state index is 0.329. The Bertz CT molecular complexity index is 557. The molecule has 0 unspecified atom stereocenters. The van der Waals surface area contributed by atoms with Crippen molar-refractivity contribution >= 4 is 9.84 Å². The Morgan fingerprint density at radius 3 is 2.30 bits per heavy atom. The zero-order valence-corrected chi connectivity index (χ0v) is 12.6. The summed E-state index contributed by atoms with van der Waals surface area (Å²) in [6.07, 6.45) is 1.13. The number of nitrogens with zero attached hydrogens (tertiary/aromatic N) is 2. The molecule has 1 aromatic carbocycles. The summed E-state index contributed by atoms with van der Waals surface area (Å²) in [5.74, 6) is 0.658. The Hall–Kier alpha value is -0.910. The number of fused-ring (bicyclic) bond motifs is 1. The summed E-state index contributed by atoms with van der Waals surface area (Å²) in [6, 6.07) is 8.66. The van der Waals surface area contributed by atoms with E-state index < -0.39 is 9.84 Å². The van der Waals surface area contributed by atoms with Crippen molar-refractivity contribution < 1.29 is 8.42 Å². The van der Waals surface area contributed by atoms with Crippen LogP contribution < -0.4 is 0 Å². The van der Waals surface area contributed by atoms with Crippen molar-refractivity contribution in [2.45, 2.75) is 13.0 Å². The van der Waals surface area contributed by atoms with Gasteiger partial charge in [-0.15, -0.1) is 0 Å². The van der Waals surface area contributed by atoms with E-state index in [-0.39, 0.29) is 0 Å². The molecule has 0 N–H and O–H groups in total. The van der Waals surface area contributed by atoms with Crippen LogP contribution in [0.15, 0.2) is 24.3 Å². The van der Waals surface area contributed by atoms with Gasteiger partial charge in [0.25, 0.3) is 0 Å². The molecule has 0 radical (unpaired) electrons. The lowest BCUT2D eigenvalue weighted by molar-refractivity contribution is 0.200. The highest BCUT2D eigenvalue weighted by Crippen LogP contribution is 2.18. The van der Waals surface area contributed by atoms with Crippen molar-refractivity contribution in [1.82, 2.24) is 9.80 Å². The minimum atomic E-state index is -2.75. The van der Waals surface area contributed by atoms with Gasteiger partial charge in [0.1, 0.15) is 0 Å². The molecule has 1 aromatic rings. The molecule has 3 rings (SSSR count). The van der Waals surface area contributed by atoms with Gasteiger partial charge in [-0.2, -0.15) is 0 Å². The first-order valence-corrected chi connectivity index (χ1v) is 9.16. The van der Waals surface area contributed by atoms with Crippen molar-refractivity contribution in [3.63, 3.8) is 0 Å². The largest absolute Gasteiger partial charge is 0.300 e. The standard InChI is InChI=1S/C15H22N2O2S/c18-20(19)11-9-16(10-12-20)7-8-17-6-5-14-3-1-2-4-15(14)13-17/h1-4H,5-13H2. The molecule has 2 aliphatic rings. The fourth-order valence-electron chi connectivity index (χ4n) is 3.00. The van der Waals surface area contributed by atoms with E-state index in [1.165, 1.54) is 11.1 Å². The minimum Gasteiger partial charge on any atom is -0.300 e. The zero-order chi connectivity index (χ0) is 14.0. The second-order valence-electron chi connectivity index (χ2n) is 5.79. The van der Waals surface area contributed by atoms with Crippen molar-refractivity contribution in [2.75, 3.05) is 44.2 Å². The molecular formula is C15H22N2O2S. The Morgan fingerprint density at radius 2 is 1.55 bits per heavy atom. The molecule has 0 atom stereocenters. The summed E-state index contributed by atoms with van der Waals surface area (Å²) in [6.45, 7) is 5.57. The summed E-state index contributed by atoms with van der Waals surface area (Å²) in [4.78, 5) is 4.76. The highest BCUT2D eigenvalue weighted by atomic mass is 32.2. The third-order valence-corrected chi connectivity index (χ3v) is 5.99. The van der Waals surface area contributed by atoms with Crippen LogP contribution in [0.5, 0.6) is 0 Å². The van der Waals surface area contributed by atoms with E-state index in [9.17, 15) is 8.42 Å². The van der Waals surface area contributed by atoms with Gasteiger partial charge in [0.2, 0.25) is 0 Å². The fourth-order valence-corrected chi connectivity index (χ4v) is 4.28. The third kappa shape index (κ3) is 3.40. The van der Waals surface area contributed by atoms with Crippen LogP contribution in [0.1, 0.15) is 11.1 Å². The first kappa shape index (κ1) is 14.0. The molecule has 0 bridgehead atoms. The quantitative estimate of drug-likeness (QED) is 0.826. The Balaban J connectivity index is 1.49. The van der Waals surface area contributed by atoms with E-state index in [0.29, 0.717) is 24.6 Å². The summed E-state index contributed by atoms with van der Waals surface area (Å²) in [5, 5.41) is 0. The van der Waals surface area contributed by atoms with E-state index in [2.05, 4.69) is 34.1 Å².